The van der Waals surface area contributed by atoms with E-state index in [1.54, 1.807) is 19.2 Å². The standard InChI is InChI=1S/C13H16ClIN2O2.ClH/c1-19-12-6-11(15)10(14)5-9(12)13(18)17-7-8-3-2-4-16-8;/h5-6,8,16H,2-4,7H2,1H3,(H,17,18);1H. The second kappa shape index (κ2) is 8.26. The first-order chi connectivity index (χ1) is 9.11. The Morgan fingerprint density at radius 3 is 2.95 bits per heavy atom. The van der Waals surface area contributed by atoms with Gasteiger partial charge >= 0.3 is 0 Å². The molecular weight excluding hydrogens is 414 g/mol. The van der Waals surface area contributed by atoms with E-state index in [0.29, 0.717) is 28.9 Å². The highest BCUT2D eigenvalue weighted by Gasteiger charge is 2.18. The fourth-order valence-electron chi connectivity index (χ4n) is 2.12. The van der Waals surface area contributed by atoms with Crippen molar-refractivity contribution in [2.45, 2.75) is 18.9 Å². The van der Waals surface area contributed by atoms with Gasteiger partial charge in [-0.1, -0.05) is 11.6 Å². The summed E-state index contributed by atoms with van der Waals surface area (Å²) in [6, 6.07) is 3.79. The molecule has 1 saturated heterocycles. The van der Waals surface area contributed by atoms with Crippen molar-refractivity contribution in [2.24, 2.45) is 0 Å². The first-order valence-corrected chi connectivity index (χ1v) is 7.62. The first kappa shape index (κ1) is 17.8. The molecular formula is C13H17Cl2IN2O2. The minimum atomic E-state index is -0.149. The molecule has 2 rings (SSSR count). The largest absolute Gasteiger partial charge is 0.496 e. The summed E-state index contributed by atoms with van der Waals surface area (Å²) in [6.07, 6.45) is 2.27. The lowest BCUT2D eigenvalue weighted by Crippen LogP contribution is -2.37. The number of hydrogen-bond donors (Lipinski definition) is 2. The lowest BCUT2D eigenvalue weighted by molar-refractivity contribution is 0.0947. The van der Waals surface area contributed by atoms with Crippen molar-refractivity contribution in [2.75, 3.05) is 20.2 Å². The van der Waals surface area contributed by atoms with Crippen LogP contribution in [0.3, 0.4) is 0 Å². The van der Waals surface area contributed by atoms with Crippen LogP contribution < -0.4 is 15.4 Å². The van der Waals surface area contributed by atoms with Crippen molar-refractivity contribution in [3.05, 3.63) is 26.3 Å². The van der Waals surface area contributed by atoms with Crippen molar-refractivity contribution < 1.29 is 9.53 Å². The molecule has 1 unspecified atom stereocenters. The lowest BCUT2D eigenvalue weighted by Gasteiger charge is -2.14. The molecule has 0 aromatic heterocycles. The van der Waals surface area contributed by atoms with E-state index in [9.17, 15) is 4.79 Å². The quantitative estimate of drug-likeness (QED) is 0.722. The van der Waals surface area contributed by atoms with Gasteiger partial charge in [0.05, 0.1) is 17.7 Å². The van der Waals surface area contributed by atoms with Gasteiger partial charge in [0.25, 0.3) is 5.91 Å². The number of carbonyl (C=O) groups is 1. The van der Waals surface area contributed by atoms with Gasteiger partial charge in [0, 0.05) is 16.2 Å². The number of nitrogens with one attached hydrogen (secondary N) is 2. The summed E-state index contributed by atoms with van der Waals surface area (Å²) >= 11 is 8.17. The van der Waals surface area contributed by atoms with E-state index in [1.807, 2.05) is 0 Å². The van der Waals surface area contributed by atoms with Crippen LogP contribution in [-0.2, 0) is 0 Å². The Kier molecular flexibility index (Phi) is 7.36. The molecule has 1 aliphatic rings. The topological polar surface area (TPSA) is 50.4 Å². The Bertz CT molecular complexity index is 480. The highest BCUT2D eigenvalue weighted by Crippen LogP contribution is 2.28. The van der Waals surface area contributed by atoms with Gasteiger partial charge in [-0.15, -0.1) is 12.4 Å². The monoisotopic (exact) mass is 430 g/mol. The zero-order chi connectivity index (χ0) is 13.8. The van der Waals surface area contributed by atoms with Gasteiger partial charge in [-0.3, -0.25) is 4.79 Å². The minimum absolute atomic E-state index is 0. The predicted octanol–water partition coefficient (Wildman–Crippen LogP) is 2.86. The predicted molar refractivity (Wildman–Crippen MR) is 91.3 cm³/mol. The van der Waals surface area contributed by atoms with Gasteiger partial charge in [0.15, 0.2) is 0 Å². The van der Waals surface area contributed by atoms with Gasteiger partial charge in [-0.25, -0.2) is 0 Å². The minimum Gasteiger partial charge on any atom is -0.496 e. The molecule has 1 fully saturated rings. The SMILES string of the molecule is COc1cc(I)c(Cl)cc1C(=O)NCC1CCCN1.Cl. The van der Waals surface area contributed by atoms with E-state index < -0.39 is 0 Å². The zero-order valence-electron chi connectivity index (χ0n) is 11.0. The van der Waals surface area contributed by atoms with E-state index in [-0.39, 0.29) is 18.3 Å². The molecule has 0 radical (unpaired) electrons. The first-order valence-electron chi connectivity index (χ1n) is 6.16. The summed E-state index contributed by atoms with van der Waals surface area (Å²) in [7, 11) is 1.55. The second-order valence-electron chi connectivity index (χ2n) is 4.47. The number of ether oxygens (including phenoxy) is 1. The van der Waals surface area contributed by atoms with E-state index in [2.05, 4.69) is 33.2 Å². The van der Waals surface area contributed by atoms with Crippen LogP contribution in [0.2, 0.25) is 5.02 Å². The van der Waals surface area contributed by atoms with Crippen molar-refractivity contribution in [1.29, 1.82) is 0 Å². The van der Waals surface area contributed by atoms with Crippen LogP contribution >= 0.6 is 46.6 Å². The third kappa shape index (κ3) is 4.38. The van der Waals surface area contributed by atoms with Gasteiger partial charge in [0.2, 0.25) is 0 Å². The molecule has 7 heteroatoms. The van der Waals surface area contributed by atoms with Crippen molar-refractivity contribution in [1.82, 2.24) is 10.6 Å². The lowest BCUT2D eigenvalue weighted by atomic mass is 10.1. The van der Waals surface area contributed by atoms with E-state index in [0.717, 1.165) is 16.5 Å². The van der Waals surface area contributed by atoms with Crippen LogP contribution in [0.25, 0.3) is 0 Å². The normalized spacial score (nSPS) is 17.4. The van der Waals surface area contributed by atoms with Crippen LogP contribution in [0.4, 0.5) is 0 Å². The Labute approximate surface area is 143 Å². The van der Waals surface area contributed by atoms with Crippen molar-refractivity contribution in [3.8, 4) is 5.75 Å². The number of carbonyl (C=O) groups excluding carboxylic acids is 1. The molecule has 1 aromatic rings. The fourth-order valence-corrected chi connectivity index (χ4v) is 2.72. The molecule has 2 N–H and O–H groups in total. The van der Waals surface area contributed by atoms with E-state index >= 15 is 0 Å². The Hall–Kier alpha value is -0.240. The highest BCUT2D eigenvalue weighted by molar-refractivity contribution is 14.1. The Balaban J connectivity index is 0.00000200. The van der Waals surface area contributed by atoms with Crippen LogP contribution in [0.5, 0.6) is 5.75 Å². The third-order valence-corrected chi connectivity index (χ3v) is 4.68. The van der Waals surface area contributed by atoms with E-state index in [1.165, 1.54) is 6.42 Å². The summed E-state index contributed by atoms with van der Waals surface area (Å²) in [5.74, 6) is 0.398. The Morgan fingerprint density at radius 2 is 2.35 bits per heavy atom. The molecule has 0 spiro atoms. The maximum Gasteiger partial charge on any atom is 0.255 e. The number of benzene rings is 1. The molecule has 1 amide bonds. The molecule has 1 aliphatic heterocycles. The smallest absolute Gasteiger partial charge is 0.255 e. The summed E-state index contributed by atoms with van der Waals surface area (Å²) in [6.45, 7) is 1.66. The highest BCUT2D eigenvalue weighted by atomic mass is 127. The third-order valence-electron chi connectivity index (χ3n) is 3.16. The number of hydrogen-bond acceptors (Lipinski definition) is 3. The van der Waals surface area contributed by atoms with Gasteiger partial charge in [-0.05, 0) is 54.1 Å². The maximum atomic E-state index is 12.2. The molecule has 1 atom stereocenters. The second-order valence-corrected chi connectivity index (χ2v) is 6.04. The van der Waals surface area contributed by atoms with Crippen molar-refractivity contribution in [3.63, 3.8) is 0 Å². The fraction of sp³-hybridized carbons (Fsp3) is 0.462. The van der Waals surface area contributed by atoms with Crippen LogP contribution in [0.1, 0.15) is 23.2 Å². The maximum absolute atomic E-state index is 12.2. The molecule has 0 aliphatic carbocycles. The Morgan fingerprint density at radius 1 is 1.60 bits per heavy atom. The number of methoxy groups -OCH3 is 1. The molecule has 1 heterocycles. The van der Waals surface area contributed by atoms with Crippen molar-refractivity contribution >= 4 is 52.5 Å². The zero-order valence-corrected chi connectivity index (χ0v) is 14.8. The van der Waals surface area contributed by atoms with E-state index in [4.69, 9.17) is 16.3 Å². The summed E-state index contributed by atoms with van der Waals surface area (Å²) in [5.41, 5.74) is 0.478. The van der Waals surface area contributed by atoms with Crippen LogP contribution in [-0.4, -0.2) is 32.1 Å². The summed E-state index contributed by atoms with van der Waals surface area (Å²) in [5, 5.41) is 6.82. The number of amides is 1. The molecule has 0 bridgehead atoms. The number of halogens is 3. The average Bonchev–Trinajstić information content (AvgIpc) is 2.91. The molecule has 112 valence electrons. The van der Waals surface area contributed by atoms with Crippen LogP contribution in [0, 0.1) is 3.57 Å². The molecule has 20 heavy (non-hydrogen) atoms. The van der Waals surface area contributed by atoms with Gasteiger partial charge in [0.1, 0.15) is 5.75 Å². The average molecular weight is 431 g/mol. The van der Waals surface area contributed by atoms with Gasteiger partial charge < -0.3 is 15.4 Å². The summed E-state index contributed by atoms with van der Waals surface area (Å²) < 4.78 is 6.10. The molecule has 1 aromatic carbocycles. The summed E-state index contributed by atoms with van der Waals surface area (Å²) in [4.78, 5) is 12.2. The molecule has 0 saturated carbocycles. The van der Waals surface area contributed by atoms with Crippen LogP contribution in [0.15, 0.2) is 12.1 Å². The molecule has 4 nitrogen and oxygen atoms in total. The van der Waals surface area contributed by atoms with Gasteiger partial charge in [-0.2, -0.15) is 0 Å². The number of rotatable bonds is 4.